The van der Waals surface area contributed by atoms with Crippen molar-refractivity contribution in [3.63, 3.8) is 0 Å². The maximum atomic E-state index is 12.4. The van der Waals surface area contributed by atoms with Crippen molar-refractivity contribution >= 4 is 49.6 Å². The summed E-state index contributed by atoms with van der Waals surface area (Å²) in [4.78, 5) is 36.1. The first-order chi connectivity index (χ1) is 9.40. The fourth-order valence-electron chi connectivity index (χ4n) is 1.89. The Hall–Kier alpha value is -1.41. The van der Waals surface area contributed by atoms with Gasteiger partial charge in [0.2, 0.25) is 5.91 Å². The first-order valence-corrected chi connectivity index (χ1v) is 7.24. The molecule has 0 aromatic heterocycles. The Bertz CT molecular complexity index is 591. The second-order valence-corrected chi connectivity index (χ2v) is 5.99. The van der Waals surface area contributed by atoms with Crippen LogP contribution < -0.4 is 5.32 Å². The summed E-state index contributed by atoms with van der Waals surface area (Å²) >= 11 is 6.53. The van der Waals surface area contributed by atoms with Crippen LogP contribution in [0.5, 0.6) is 0 Å². The number of amides is 2. The summed E-state index contributed by atoms with van der Waals surface area (Å²) in [5.41, 5.74) is 0.314. The number of piperazine rings is 1. The van der Waals surface area contributed by atoms with E-state index in [1.165, 1.54) is 0 Å². The largest absolute Gasteiger partial charge is 0.480 e. The van der Waals surface area contributed by atoms with Gasteiger partial charge in [0.05, 0.1) is 5.56 Å². The Morgan fingerprint density at radius 3 is 2.65 bits per heavy atom. The van der Waals surface area contributed by atoms with Crippen LogP contribution in [0.4, 0.5) is 0 Å². The molecule has 1 aromatic rings. The van der Waals surface area contributed by atoms with E-state index in [1.807, 2.05) is 0 Å². The van der Waals surface area contributed by atoms with Crippen LogP contribution in [0, 0.1) is 0 Å². The van der Waals surface area contributed by atoms with Gasteiger partial charge in [0.25, 0.3) is 5.91 Å². The van der Waals surface area contributed by atoms with Crippen molar-refractivity contribution in [1.82, 2.24) is 10.2 Å². The number of hydrogen-bond donors (Lipinski definition) is 2. The third-order valence-corrected chi connectivity index (χ3v) is 4.04. The van der Waals surface area contributed by atoms with Crippen LogP contribution >= 0.6 is 31.9 Å². The lowest BCUT2D eigenvalue weighted by Crippen LogP contribution is -2.59. The van der Waals surface area contributed by atoms with Gasteiger partial charge in [0.1, 0.15) is 12.6 Å². The summed E-state index contributed by atoms with van der Waals surface area (Å²) < 4.78 is 1.32. The molecule has 8 heteroatoms. The number of carboxylic acids is 1. The van der Waals surface area contributed by atoms with Crippen LogP contribution in [0.25, 0.3) is 0 Å². The fourth-order valence-corrected chi connectivity index (χ4v) is 3.11. The van der Waals surface area contributed by atoms with E-state index in [0.29, 0.717) is 10.0 Å². The summed E-state index contributed by atoms with van der Waals surface area (Å²) in [6.45, 7) is -0.355. The molecule has 0 spiro atoms. The van der Waals surface area contributed by atoms with Crippen LogP contribution in [0.3, 0.4) is 0 Å². The highest BCUT2D eigenvalue weighted by Gasteiger charge is 2.36. The van der Waals surface area contributed by atoms with Gasteiger partial charge in [-0.05, 0) is 34.1 Å². The number of aliphatic carboxylic acids is 1. The lowest BCUT2D eigenvalue weighted by Gasteiger charge is -2.32. The molecule has 0 bridgehead atoms. The number of benzene rings is 1. The topological polar surface area (TPSA) is 86.7 Å². The standard InChI is InChI=1S/C12H10Br2N2O4/c13-6-1-2-7(8(14)3-6)11(18)16-5-10(17)15-4-9(16)12(19)20/h1-3,9H,4-5H2,(H,15,17)(H,19,20). The first kappa shape index (κ1) is 15.0. The molecular formula is C12H10Br2N2O4. The van der Waals surface area contributed by atoms with E-state index in [9.17, 15) is 14.4 Å². The Kier molecular flexibility index (Phi) is 4.44. The Morgan fingerprint density at radius 2 is 2.05 bits per heavy atom. The number of nitrogens with one attached hydrogen (secondary N) is 1. The zero-order valence-electron chi connectivity index (χ0n) is 10.1. The van der Waals surface area contributed by atoms with E-state index in [1.54, 1.807) is 18.2 Å². The van der Waals surface area contributed by atoms with E-state index in [4.69, 9.17) is 5.11 Å². The Morgan fingerprint density at radius 1 is 1.35 bits per heavy atom. The summed E-state index contributed by atoms with van der Waals surface area (Å²) in [7, 11) is 0. The zero-order valence-corrected chi connectivity index (χ0v) is 13.3. The number of hydrogen-bond acceptors (Lipinski definition) is 3. The predicted molar refractivity (Wildman–Crippen MR) is 77.3 cm³/mol. The van der Waals surface area contributed by atoms with Gasteiger partial charge in [-0.25, -0.2) is 4.79 Å². The van der Waals surface area contributed by atoms with Crippen molar-refractivity contribution < 1.29 is 19.5 Å². The fraction of sp³-hybridized carbons (Fsp3) is 0.250. The zero-order chi connectivity index (χ0) is 14.9. The third-order valence-electron chi connectivity index (χ3n) is 2.89. The maximum absolute atomic E-state index is 12.4. The molecular weight excluding hydrogens is 396 g/mol. The Labute approximate surface area is 131 Å². The molecule has 20 heavy (non-hydrogen) atoms. The van der Waals surface area contributed by atoms with E-state index >= 15 is 0 Å². The molecule has 0 saturated carbocycles. The molecule has 0 aliphatic carbocycles. The van der Waals surface area contributed by atoms with Crippen molar-refractivity contribution in [2.75, 3.05) is 13.1 Å². The average molecular weight is 406 g/mol. The van der Waals surface area contributed by atoms with Gasteiger partial charge < -0.3 is 15.3 Å². The molecule has 1 atom stereocenters. The molecule has 6 nitrogen and oxygen atoms in total. The van der Waals surface area contributed by atoms with Gasteiger partial charge in [-0.15, -0.1) is 0 Å². The lowest BCUT2D eigenvalue weighted by molar-refractivity contribution is -0.144. The minimum Gasteiger partial charge on any atom is -0.480 e. The highest BCUT2D eigenvalue weighted by molar-refractivity contribution is 9.11. The molecule has 1 saturated heterocycles. The molecule has 2 amide bonds. The number of halogens is 2. The van der Waals surface area contributed by atoms with Crippen LogP contribution in [0.15, 0.2) is 27.1 Å². The van der Waals surface area contributed by atoms with Gasteiger partial charge in [-0.1, -0.05) is 15.9 Å². The smallest absolute Gasteiger partial charge is 0.328 e. The van der Waals surface area contributed by atoms with E-state index in [2.05, 4.69) is 37.2 Å². The predicted octanol–water partition coefficient (Wildman–Crippen LogP) is 1.24. The summed E-state index contributed by atoms with van der Waals surface area (Å²) in [6.07, 6.45) is 0. The Balaban J connectivity index is 2.33. The number of carbonyl (C=O) groups is 3. The molecule has 106 valence electrons. The minimum absolute atomic E-state index is 0.0892. The quantitative estimate of drug-likeness (QED) is 0.774. The number of carbonyl (C=O) groups excluding carboxylic acids is 2. The van der Waals surface area contributed by atoms with E-state index in [0.717, 1.165) is 9.37 Å². The summed E-state index contributed by atoms with van der Waals surface area (Å²) in [5.74, 6) is -2.01. The summed E-state index contributed by atoms with van der Waals surface area (Å²) in [6, 6.07) is 3.88. The van der Waals surface area contributed by atoms with E-state index < -0.39 is 17.9 Å². The maximum Gasteiger partial charge on any atom is 0.328 e. The SMILES string of the molecule is O=C1CN(C(=O)c2ccc(Br)cc2Br)C(C(=O)O)CN1. The van der Waals surface area contributed by atoms with Gasteiger partial charge in [0.15, 0.2) is 0 Å². The van der Waals surface area contributed by atoms with Crippen LogP contribution in [0.1, 0.15) is 10.4 Å². The van der Waals surface area contributed by atoms with Crippen molar-refractivity contribution in [2.45, 2.75) is 6.04 Å². The minimum atomic E-state index is -1.15. The molecule has 2 N–H and O–H groups in total. The van der Waals surface area contributed by atoms with E-state index in [-0.39, 0.29) is 19.0 Å². The second-order valence-electron chi connectivity index (χ2n) is 4.22. The molecule has 1 unspecified atom stereocenters. The van der Waals surface area contributed by atoms with Crippen molar-refractivity contribution in [2.24, 2.45) is 0 Å². The second kappa shape index (κ2) is 5.92. The normalized spacial score (nSPS) is 18.6. The molecule has 0 radical (unpaired) electrons. The summed E-state index contributed by atoms with van der Waals surface area (Å²) in [5, 5.41) is 11.6. The molecule has 1 fully saturated rings. The third kappa shape index (κ3) is 3.01. The van der Waals surface area contributed by atoms with Crippen LogP contribution in [-0.2, 0) is 9.59 Å². The molecule has 1 heterocycles. The van der Waals surface area contributed by atoms with Gasteiger partial charge in [0, 0.05) is 15.5 Å². The van der Waals surface area contributed by atoms with Crippen molar-refractivity contribution in [1.29, 1.82) is 0 Å². The lowest BCUT2D eigenvalue weighted by atomic mass is 10.1. The number of rotatable bonds is 2. The average Bonchev–Trinajstić information content (AvgIpc) is 2.37. The number of carboxylic acid groups (broad SMARTS) is 1. The van der Waals surface area contributed by atoms with Gasteiger partial charge in [-0.3, -0.25) is 9.59 Å². The molecule has 1 aliphatic rings. The molecule has 1 aliphatic heterocycles. The van der Waals surface area contributed by atoms with Crippen molar-refractivity contribution in [3.8, 4) is 0 Å². The number of nitrogens with zero attached hydrogens (tertiary/aromatic N) is 1. The first-order valence-electron chi connectivity index (χ1n) is 5.65. The van der Waals surface area contributed by atoms with Crippen molar-refractivity contribution in [3.05, 3.63) is 32.7 Å². The monoisotopic (exact) mass is 404 g/mol. The highest BCUT2D eigenvalue weighted by atomic mass is 79.9. The van der Waals surface area contributed by atoms with Crippen LogP contribution in [0.2, 0.25) is 0 Å². The van der Waals surface area contributed by atoms with Crippen LogP contribution in [-0.4, -0.2) is 46.9 Å². The molecule has 2 rings (SSSR count). The van der Waals surface area contributed by atoms with Gasteiger partial charge in [-0.2, -0.15) is 0 Å². The molecule has 1 aromatic carbocycles. The van der Waals surface area contributed by atoms with Gasteiger partial charge >= 0.3 is 5.97 Å². The highest BCUT2D eigenvalue weighted by Crippen LogP contribution is 2.24.